The molecule has 20 heteroatoms. The fourth-order valence-electron chi connectivity index (χ4n) is 6.93. The van der Waals surface area contributed by atoms with Gasteiger partial charge in [0.05, 0.1) is 18.8 Å². The standard InChI is InChI=1S/C43H80O18P2/c1-3-5-7-9-11-12-13-14-15-16-17-21-26-30-37(47)59-33(32-58-63(55,56)61-43-40(50)38(48)39(49)42(41(43)51)60-62(52,53)54)31-57-36(46)29-25-22-18-20-24-28-35(45)34(44)27-23-19-10-8-6-4-2/h12-13,19,23,33-35,38-45,48-51H,3-11,14-18,20-22,24-32H2,1-2H3,(H,55,56)(H2,52,53,54)/b13-12-,23-19-/t33-,34-,35-,38?,39?,40?,41?,42-,43+/m1/s1. The molecule has 18 nitrogen and oxygen atoms in total. The fourth-order valence-corrected chi connectivity index (χ4v) is 8.46. The molecule has 1 rings (SSSR count). The summed E-state index contributed by atoms with van der Waals surface area (Å²) in [5, 5.41) is 61.6. The summed E-state index contributed by atoms with van der Waals surface area (Å²) < 4.78 is 49.2. The van der Waals surface area contributed by atoms with Gasteiger partial charge in [0.2, 0.25) is 0 Å². The van der Waals surface area contributed by atoms with E-state index in [9.17, 15) is 54.3 Å². The molecule has 0 radical (unpaired) electrons. The number of hydrogen-bond acceptors (Lipinski definition) is 15. The lowest BCUT2D eigenvalue weighted by Gasteiger charge is -2.43. The molecule has 9 N–H and O–H groups in total. The highest BCUT2D eigenvalue weighted by Crippen LogP contribution is 2.49. The number of esters is 2. The van der Waals surface area contributed by atoms with Crippen LogP contribution in [0.3, 0.4) is 0 Å². The highest BCUT2D eigenvalue weighted by atomic mass is 31.2. The molecule has 1 fully saturated rings. The van der Waals surface area contributed by atoms with Crippen LogP contribution < -0.4 is 0 Å². The molecule has 10 atom stereocenters. The number of allylic oxidation sites excluding steroid dienone is 3. The largest absolute Gasteiger partial charge is 0.472 e. The first-order chi connectivity index (χ1) is 29.9. The lowest BCUT2D eigenvalue weighted by Crippen LogP contribution is -2.64. The van der Waals surface area contributed by atoms with E-state index in [4.69, 9.17) is 28.3 Å². The van der Waals surface area contributed by atoms with Crippen molar-refractivity contribution in [3.05, 3.63) is 24.3 Å². The van der Waals surface area contributed by atoms with Gasteiger partial charge in [-0.1, -0.05) is 115 Å². The molecule has 1 aliphatic rings. The summed E-state index contributed by atoms with van der Waals surface area (Å²) in [6, 6.07) is 0. The third kappa shape index (κ3) is 28.9. The second-order valence-corrected chi connectivity index (χ2v) is 19.0. The van der Waals surface area contributed by atoms with Crippen LogP contribution in [-0.2, 0) is 41.8 Å². The first-order valence-electron chi connectivity index (χ1n) is 23.1. The molecule has 5 unspecified atom stereocenters. The third-order valence-corrected chi connectivity index (χ3v) is 12.2. The number of aliphatic hydroxyl groups is 6. The maximum atomic E-state index is 13.0. The van der Waals surface area contributed by atoms with Gasteiger partial charge < -0.3 is 54.8 Å². The Morgan fingerprint density at radius 2 is 1.03 bits per heavy atom. The van der Waals surface area contributed by atoms with Crippen molar-refractivity contribution >= 4 is 27.6 Å². The predicted molar refractivity (Wildman–Crippen MR) is 235 cm³/mol. The summed E-state index contributed by atoms with van der Waals surface area (Å²) in [5.41, 5.74) is 0. The van der Waals surface area contributed by atoms with E-state index in [1.165, 1.54) is 25.7 Å². The zero-order chi connectivity index (χ0) is 47.1. The molecular formula is C43H80O18P2. The Labute approximate surface area is 374 Å². The summed E-state index contributed by atoms with van der Waals surface area (Å²) in [4.78, 5) is 54.2. The van der Waals surface area contributed by atoms with Gasteiger partial charge >= 0.3 is 27.6 Å². The Balaban J connectivity index is 2.66. The fraction of sp³-hybridized carbons (Fsp3) is 0.860. The van der Waals surface area contributed by atoms with Gasteiger partial charge in [0, 0.05) is 12.8 Å². The van der Waals surface area contributed by atoms with Crippen LogP contribution in [0.2, 0.25) is 0 Å². The van der Waals surface area contributed by atoms with Crippen molar-refractivity contribution in [1.82, 2.24) is 0 Å². The SMILES string of the molecule is CCCCC/C=C\C[C@@H](O)[C@H](O)CCCCCCCC(=O)OC[C@H](COP(=O)(O)O[C@H]1C(O)C(O)C(O)[C@@H](OP(=O)(O)O)C1O)OC(=O)CCCCCCC/C=C\CCCCCC. The Morgan fingerprint density at radius 1 is 0.556 bits per heavy atom. The molecule has 0 amide bonds. The van der Waals surface area contributed by atoms with Gasteiger partial charge in [0.1, 0.15) is 43.2 Å². The van der Waals surface area contributed by atoms with Crippen LogP contribution >= 0.6 is 15.6 Å². The zero-order valence-corrected chi connectivity index (χ0v) is 39.3. The predicted octanol–water partition coefficient (Wildman–Crippen LogP) is 6.12. The van der Waals surface area contributed by atoms with Crippen molar-refractivity contribution in [2.45, 2.75) is 223 Å². The number of unbranched alkanes of at least 4 members (excludes halogenated alkanes) is 16. The zero-order valence-electron chi connectivity index (χ0n) is 37.5. The van der Waals surface area contributed by atoms with E-state index in [2.05, 4.69) is 30.5 Å². The topological polar surface area (TPSA) is 296 Å². The van der Waals surface area contributed by atoms with Crippen molar-refractivity contribution in [3.63, 3.8) is 0 Å². The van der Waals surface area contributed by atoms with Gasteiger partial charge in [-0.25, -0.2) is 9.13 Å². The highest BCUT2D eigenvalue weighted by Gasteiger charge is 2.54. The van der Waals surface area contributed by atoms with Crippen LogP contribution in [0.25, 0.3) is 0 Å². The summed E-state index contributed by atoms with van der Waals surface area (Å²) in [6.45, 7) is 2.88. The Kier molecular flexibility index (Phi) is 32.7. The van der Waals surface area contributed by atoms with Crippen LogP contribution in [0.1, 0.15) is 168 Å². The van der Waals surface area contributed by atoms with Crippen molar-refractivity contribution in [3.8, 4) is 0 Å². The molecule has 0 saturated heterocycles. The third-order valence-electron chi connectivity index (χ3n) is 10.7. The van der Waals surface area contributed by atoms with Gasteiger partial charge in [-0.2, -0.15) is 0 Å². The molecular weight excluding hydrogens is 866 g/mol. The van der Waals surface area contributed by atoms with Gasteiger partial charge in [-0.3, -0.25) is 23.2 Å². The minimum absolute atomic E-state index is 0.00316. The number of carbonyl (C=O) groups is 2. The van der Waals surface area contributed by atoms with Crippen LogP contribution in [0.15, 0.2) is 24.3 Å². The smallest absolute Gasteiger partial charge is 0.462 e. The molecule has 1 aliphatic carbocycles. The number of hydrogen-bond donors (Lipinski definition) is 9. The van der Waals surface area contributed by atoms with Crippen molar-refractivity contribution in [2.75, 3.05) is 13.2 Å². The van der Waals surface area contributed by atoms with Gasteiger partial charge in [-0.15, -0.1) is 0 Å². The van der Waals surface area contributed by atoms with Crippen LogP contribution in [0.4, 0.5) is 0 Å². The van der Waals surface area contributed by atoms with E-state index < -0.39 is 95.7 Å². The van der Waals surface area contributed by atoms with E-state index in [1.54, 1.807) is 0 Å². The molecule has 370 valence electrons. The number of carbonyl (C=O) groups excluding carboxylic acids is 2. The lowest BCUT2D eigenvalue weighted by atomic mass is 9.85. The van der Waals surface area contributed by atoms with Crippen LogP contribution in [0, 0.1) is 0 Å². The molecule has 1 saturated carbocycles. The number of phosphoric acid groups is 2. The molecule has 0 bridgehead atoms. The maximum Gasteiger partial charge on any atom is 0.472 e. The Morgan fingerprint density at radius 3 is 1.62 bits per heavy atom. The average molecular weight is 947 g/mol. The van der Waals surface area contributed by atoms with Crippen LogP contribution in [-0.4, -0.2) is 125 Å². The minimum atomic E-state index is -5.38. The maximum absolute atomic E-state index is 13.0. The summed E-state index contributed by atoms with van der Waals surface area (Å²) >= 11 is 0. The Bertz CT molecular complexity index is 1360. The van der Waals surface area contributed by atoms with Crippen molar-refractivity contribution < 1.29 is 87.1 Å². The quantitative estimate of drug-likeness (QED) is 0.0146. The number of aliphatic hydroxyl groups excluding tert-OH is 6. The Hall–Kier alpha value is -1.60. The van der Waals surface area contributed by atoms with Gasteiger partial charge in [0.15, 0.2) is 6.10 Å². The van der Waals surface area contributed by atoms with E-state index in [1.807, 2.05) is 12.2 Å². The number of ether oxygens (including phenoxy) is 2. The van der Waals surface area contributed by atoms with E-state index in [-0.39, 0.29) is 12.8 Å². The second-order valence-electron chi connectivity index (χ2n) is 16.4. The van der Waals surface area contributed by atoms with Crippen molar-refractivity contribution in [2.24, 2.45) is 0 Å². The molecule has 0 aliphatic heterocycles. The number of rotatable bonds is 38. The summed E-state index contributed by atoms with van der Waals surface area (Å²) in [7, 11) is -10.7. The molecule has 0 aromatic heterocycles. The number of phosphoric ester groups is 2. The minimum Gasteiger partial charge on any atom is -0.462 e. The molecule has 0 aromatic carbocycles. The van der Waals surface area contributed by atoms with E-state index in [0.29, 0.717) is 38.5 Å². The van der Waals surface area contributed by atoms with Crippen LogP contribution in [0.5, 0.6) is 0 Å². The van der Waals surface area contributed by atoms with Gasteiger partial charge in [-0.05, 0) is 64.2 Å². The van der Waals surface area contributed by atoms with Crippen molar-refractivity contribution in [1.29, 1.82) is 0 Å². The van der Waals surface area contributed by atoms with E-state index in [0.717, 1.165) is 77.0 Å². The monoisotopic (exact) mass is 946 g/mol. The van der Waals surface area contributed by atoms with E-state index >= 15 is 0 Å². The summed E-state index contributed by atoms with van der Waals surface area (Å²) in [5.74, 6) is -1.33. The first-order valence-corrected chi connectivity index (χ1v) is 26.1. The average Bonchev–Trinajstić information content (AvgIpc) is 3.23. The lowest BCUT2D eigenvalue weighted by molar-refractivity contribution is -0.216. The summed E-state index contributed by atoms with van der Waals surface area (Å²) in [6.07, 6.45) is 11.6. The van der Waals surface area contributed by atoms with Gasteiger partial charge in [0.25, 0.3) is 0 Å². The first kappa shape index (κ1) is 59.4. The molecule has 0 heterocycles. The molecule has 63 heavy (non-hydrogen) atoms. The normalized spacial score (nSPS) is 23.2. The molecule has 0 spiro atoms. The molecule has 0 aromatic rings. The second kappa shape index (κ2) is 34.7. The highest BCUT2D eigenvalue weighted by molar-refractivity contribution is 7.47.